The van der Waals surface area contributed by atoms with Crippen molar-refractivity contribution in [3.8, 4) is 5.75 Å². The van der Waals surface area contributed by atoms with Gasteiger partial charge in [0.05, 0.1) is 27.7 Å². The van der Waals surface area contributed by atoms with Gasteiger partial charge in [-0.2, -0.15) is 0 Å². The van der Waals surface area contributed by atoms with Crippen LogP contribution in [0.5, 0.6) is 5.75 Å². The number of benzene rings is 1. The molecule has 0 heterocycles. The number of aromatic hydroxyl groups is 1. The lowest BCUT2D eigenvalue weighted by atomic mass is 9.96. The Bertz CT molecular complexity index is 477. The lowest BCUT2D eigenvalue weighted by Crippen LogP contribution is -2.36. The Morgan fingerprint density at radius 1 is 1.15 bits per heavy atom. The van der Waals surface area contributed by atoms with Gasteiger partial charge < -0.3 is 9.59 Å². The first-order chi connectivity index (χ1) is 9.23. The number of phenolic OH excluding ortho intramolecular Hbond substituents is 1. The molecule has 1 rings (SSSR count). The number of phenols is 1. The van der Waals surface area contributed by atoms with Gasteiger partial charge in [-0.15, -0.1) is 0 Å². The summed E-state index contributed by atoms with van der Waals surface area (Å²) in [5.74, 6) is 0.455. The highest BCUT2D eigenvalue weighted by molar-refractivity contribution is 5.58. The molecule has 0 bridgehead atoms. The fourth-order valence-corrected chi connectivity index (χ4v) is 2.38. The van der Waals surface area contributed by atoms with Gasteiger partial charge in [0.15, 0.2) is 0 Å². The fourth-order valence-electron chi connectivity index (χ4n) is 2.38. The first-order valence-corrected chi connectivity index (χ1v) is 7.53. The van der Waals surface area contributed by atoms with Crippen molar-refractivity contribution in [3.05, 3.63) is 34.4 Å². The molecule has 2 nitrogen and oxygen atoms in total. The number of hydrogen-bond donors (Lipinski definition) is 1. The molecular formula is C18H30NO+. The number of nitrogens with zero attached hydrogens (tertiary/aromatic N) is 1. The molecule has 0 unspecified atom stereocenters. The molecule has 1 aromatic rings. The maximum absolute atomic E-state index is 10.4. The molecule has 1 N–H and O–H groups in total. The van der Waals surface area contributed by atoms with Gasteiger partial charge in [0.1, 0.15) is 5.75 Å². The minimum atomic E-state index is 0.455. The minimum absolute atomic E-state index is 0.455. The van der Waals surface area contributed by atoms with E-state index in [1.807, 2.05) is 6.07 Å². The first kappa shape index (κ1) is 16.8. The van der Waals surface area contributed by atoms with Crippen molar-refractivity contribution in [2.75, 3.05) is 27.7 Å². The third-order valence-electron chi connectivity index (χ3n) is 3.35. The van der Waals surface area contributed by atoms with Crippen LogP contribution >= 0.6 is 0 Å². The minimum Gasteiger partial charge on any atom is -0.508 e. The van der Waals surface area contributed by atoms with Crippen molar-refractivity contribution in [3.63, 3.8) is 0 Å². The summed E-state index contributed by atoms with van der Waals surface area (Å²) in [5, 5.41) is 10.4. The SMILES string of the molecule is CCCc1cc(C=C(C)C)cc(O)c1CC[N+](C)(C)C. The van der Waals surface area contributed by atoms with Gasteiger partial charge in [-0.1, -0.05) is 31.1 Å². The van der Waals surface area contributed by atoms with Crippen LogP contribution in [0, 0.1) is 0 Å². The Labute approximate surface area is 124 Å². The van der Waals surface area contributed by atoms with Gasteiger partial charge >= 0.3 is 0 Å². The van der Waals surface area contributed by atoms with E-state index in [0.29, 0.717) is 5.75 Å². The van der Waals surface area contributed by atoms with Gasteiger partial charge in [0.25, 0.3) is 0 Å². The molecule has 0 aromatic heterocycles. The zero-order valence-corrected chi connectivity index (χ0v) is 14.0. The molecule has 0 saturated heterocycles. The molecule has 1 aromatic carbocycles. The van der Waals surface area contributed by atoms with E-state index in [1.54, 1.807) is 0 Å². The number of aryl methyl sites for hydroxylation is 1. The van der Waals surface area contributed by atoms with Crippen LogP contribution in [0.4, 0.5) is 0 Å². The van der Waals surface area contributed by atoms with Crippen LogP contribution in [0.2, 0.25) is 0 Å². The Morgan fingerprint density at radius 2 is 1.80 bits per heavy atom. The number of hydrogen-bond acceptors (Lipinski definition) is 1. The highest BCUT2D eigenvalue weighted by atomic mass is 16.3. The molecule has 112 valence electrons. The summed E-state index contributed by atoms with van der Waals surface area (Å²) >= 11 is 0. The zero-order chi connectivity index (χ0) is 15.3. The van der Waals surface area contributed by atoms with E-state index in [-0.39, 0.29) is 0 Å². The smallest absolute Gasteiger partial charge is 0.119 e. The van der Waals surface area contributed by atoms with Crippen molar-refractivity contribution in [1.29, 1.82) is 0 Å². The first-order valence-electron chi connectivity index (χ1n) is 7.53. The Balaban J connectivity index is 3.12. The van der Waals surface area contributed by atoms with E-state index in [9.17, 15) is 5.11 Å². The molecule has 0 spiro atoms. The molecular weight excluding hydrogens is 246 g/mol. The maximum atomic E-state index is 10.4. The fraction of sp³-hybridized carbons (Fsp3) is 0.556. The standard InChI is InChI=1S/C18H29NO/c1-7-8-16-12-15(11-14(2)3)13-18(20)17(16)9-10-19(4,5)6/h11-13H,7-10H2,1-6H3/p+1. The molecule has 0 radical (unpaired) electrons. The van der Waals surface area contributed by atoms with Crippen molar-refractivity contribution in [1.82, 2.24) is 0 Å². The third kappa shape index (κ3) is 5.38. The molecule has 0 amide bonds. The second-order valence-corrected chi connectivity index (χ2v) is 6.91. The van der Waals surface area contributed by atoms with E-state index in [4.69, 9.17) is 0 Å². The van der Waals surface area contributed by atoms with Crippen molar-refractivity contribution in [2.45, 2.75) is 40.0 Å². The Hall–Kier alpha value is -1.28. The number of likely N-dealkylation sites (N-methyl/N-ethyl adjacent to an activating group) is 1. The largest absolute Gasteiger partial charge is 0.508 e. The predicted octanol–water partition coefficient (Wildman–Crippen LogP) is 4.02. The zero-order valence-electron chi connectivity index (χ0n) is 14.0. The summed E-state index contributed by atoms with van der Waals surface area (Å²) in [5.41, 5.74) is 4.80. The summed E-state index contributed by atoms with van der Waals surface area (Å²) in [4.78, 5) is 0. The van der Waals surface area contributed by atoms with Crippen LogP contribution in [-0.2, 0) is 12.8 Å². The van der Waals surface area contributed by atoms with Crippen molar-refractivity contribution >= 4 is 6.08 Å². The van der Waals surface area contributed by atoms with Gasteiger partial charge in [-0.25, -0.2) is 0 Å². The highest BCUT2D eigenvalue weighted by Crippen LogP contribution is 2.27. The normalized spacial score (nSPS) is 11.5. The lowest BCUT2D eigenvalue weighted by molar-refractivity contribution is -0.870. The molecule has 0 aliphatic rings. The van der Waals surface area contributed by atoms with Gasteiger partial charge in [-0.05, 0) is 37.5 Å². The lowest BCUT2D eigenvalue weighted by Gasteiger charge is -2.24. The van der Waals surface area contributed by atoms with Crippen LogP contribution in [0.25, 0.3) is 6.08 Å². The average molecular weight is 276 g/mol. The topological polar surface area (TPSA) is 20.2 Å². The van der Waals surface area contributed by atoms with Gasteiger partial charge in [0.2, 0.25) is 0 Å². The molecule has 0 fully saturated rings. The van der Waals surface area contributed by atoms with E-state index < -0.39 is 0 Å². The second-order valence-electron chi connectivity index (χ2n) is 6.91. The summed E-state index contributed by atoms with van der Waals surface area (Å²) in [6.45, 7) is 7.39. The molecule has 0 aliphatic heterocycles. The quantitative estimate of drug-likeness (QED) is 0.778. The van der Waals surface area contributed by atoms with E-state index >= 15 is 0 Å². The summed E-state index contributed by atoms with van der Waals surface area (Å²) in [6.07, 6.45) is 5.20. The van der Waals surface area contributed by atoms with Gasteiger partial charge in [-0.3, -0.25) is 0 Å². The predicted molar refractivity (Wildman–Crippen MR) is 88.0 cm³/mol. The van der Waals surface area contributed by atoms with Crippen LogP contribution < -0.4 is 0 Å². The van der Waals surface area contributed by atoms with Crippen LogP contribution in [-0.4, -0.2) is 37.3 Å². The molecule has 2 heteroatoms. The highest BCUT2D eigenvalue weighted by Gasteiger charge is 2.14. The number of rotatable bonds is 6. The molecule has 0 saturated carbocycles. The van der Waals surface area contributed by atoms with Crippen LogP contribution in [0.15, 0.2) is 17.7 Å². The monoisotopic (exact) mass is 276 g/mol. The number of quaternary nitrogens is 1. The Morgan fingerprint density at radius 3 is 2.30 bits per heavy atom. The summed E-state index contributed by atoms with van der Waals surface area (Å²) in [6, 6.07) is 4.14. The molecule has 0 aliphatic carbocycles. The molecule has 0 atom stereocenters. The van der Waals surface area contributed by atoms with Crippen LogP contribution in [0.3, 0.4) is 0 Å². The van der Waals surface area contributed by atoms with E-state index in [1.165, 1.54) is 11.1 Å². The van der Waals surface area contributed by atoms with Crippen molar-refractivity contribution in [2.24, 2.45) is 0 Å². The average Bonchev–Trinajstić information content (AvgIpc) is 2.25. The van der Waals surface area contributed by atoms with Crippen molar-refractivity contribution < 1.29 is 9.59 Å². The van der Waals surface area contributed by atoms with E-state index in [0.717, 1.165) is 41.4 Å². The number of allylic oxidation sites excluding steroid dienone is 1. The third-order valence-corrected chi connectivity index (χ3v) is 3.35. The van der Waals surface area contributed by atoms with Gasteiger partial charge in [0, 0.05) is 12.0 Å². The van der Waals surface area contributed by atoms with Crippen LogP contribution in [0.1, 0.15) is 43.9 Å². The maximum Gasteiger partial charge on any atom is 0.119 e. The van der Waals surface area contributed by atoms with E-state index in [2.05, 4.69) is 54.1 Å². The molecule has 20 heavy (non-hydrogen) atoms. The second kappa shape index (κ2) is 6.94. The Kier molecular flexibility index (Phi) is 5.82. The summed E-state index contributed by atoms with van der Waals surface area (Å²) < 4.78 is 0.917. The summed E-state index contributed by atoms with van der Waals surface area (Å²) in [7, 11) is 6.57.